The Morgan fingerprint density at radius 2 is 2.56 bits per heavy atom. The van der Waals surface area contributed by atoms with E-state index in [2.05, 4.69) is 30.5 Å². The molecule has 2 nitrogen and oxygen atoms in total. The van der Waals surface area contributed by atoms with E-state index in [4.69, 9.17) is 0 Å². The van der Waals surface area contributed by atoms with Crippen LogP contribution >= 0.6 is 0 Å². The number of nitrogens with one attached hydrogen (secondary N) is 1. The molecule has 0 aliphatic carbocycles. The third-order valence-electron chi connectivity index (χ3n) is 1.40. The van der Waals surface area contributed by atoms with Gasteiger partial charge in [0.1, 0.15) is 0 Å². The van der Waals surface area contributed by atoms with Gasteiger partial charge in [-0.25, -0.2) is 5.43 Å². The summed E-state index contributed by atoms with van der Waals surface area (Å²) in [6.45, 7) is 6.48. The van der Waals surface area contributed by atoms with E-state index < -0.39 is 0 Å². The Kier molecular flexibility index (Phi) is 2.11. The normalized spacial score (nSPS) is 18.4. The van der Waals surface area contributed by atoms with Gasteiger partial charge < -0.3 is 5.01 Å². The van der Waals surface area contributed by atoms with Gasteiger partial charge in [0.15, 0.2) is 0 Å². The standard InChI is InChI=1S/C7H14N2/c1-3-4-9-6-7(2)5-8-9/h6,8H,3-5H2,1-2H3. The maximum atomic E-state index is 3.25. The fourth-order valence-corrected chi connectivity index (χ4v) is 0.968. The van der Waals surface area contributed by atoms with Crippen LogP contribution < -0.4 is 5.43 Å². The molecule has 9 heavy (non-hydrogen) atoms. The van der Waals surface area contributed by atoms with Crippen LogP contribution in [-0.4, -0.2) is 18.1 Å². The Morgan fingerprint density at radius 3 is 3.00 bits per heavy atom. The van der Waals surface area contributed by atoms with Crippen LogP contribution in [0.4, 0.5) is 0 Å². The molecular formula is C7H14N2. The second-order valence-electron chi connectivity index (χ2n) is 2.50. The van der Waals surface area contributed by atoms with Crippen molar-refractivity contribution in [2.75, 3.05) is 13.1 Å². The van der Waals surface area contributed by atoms with E-state index in [1.165, 1.54) is 12.0 Å². The Labute approximate surface area is 56.5 Å². The van der Waals surface area contributed by atoms with Crippen molar-refractivity contribution in [1.29, 1.82) is 0 Å². The van der Waals surface area contributed by atoms with Crippen molar-refractivity contribution in [3.63, 3.8) is 0 Å². The minimum atomic E-state index is 1.03. The van der Waals surface area contributed by atoms with Gasteiger partial charge in [-0.3, -0.25) is 0 Å². The van der Waals surface area contributed by atoms with Crippen molar-refractivity contribution in [2.45, 2.75) is 20.3 Å². The molecule has 0 radical (unpaired) electrons. The number of hydrogen-bond acceptors (Lipinski definition) is 2. The molecule has 52 valence electrons. The third-order valence-corrected chi connectivity index (χ3v) is 1.40. The highest BCUT2D eigenvalue weighted by molar-refractivity contribution is 5.03. The smallest absolute Gasteiger partial charge is 0.0375 e. The molecule has 0 aromatic carbocycles. The molecule has 0 aromatic rings. The summed E-state index contributed by atoms with van der Waals surface area (Å²) in [5.41, 5.74) is 4.67. The molecule has 1 aliphatic rings. The summed E-state index contributed by atoms with van der Waals surface area (Å²) in [5.74, 6) is 0. The van der Waals surface area contributed by atoms with E-state index >= 15 is 0 Å². The molecule has 0 saturated carbocycles. The Hall–Kier alpha value is -0.500. The van der Waals surface area contributed by atoms with Crippen LogP contribution in [0.1, 0.15) is 20.3 Å². The van der Waals surface area contributed by atoms with Crippen molar-refractivity contribution < 1.29 is 0 Å². The fourth-order valence-electron chi connectivity index (χ4n) is 0.968. The second kappa shape index (κ2) is 2.87. The Morgan fingerprint density at radius 1 is 1.78 bits per heavy atom. The van der Waals surface area contributed by atoms with Crippen LogP contribution in [0.3, 0.4) is 0 Å². The molecule has 0 atom stereocenters. The summed E-state index contributed by atoms with van der Waals surface area (Å²) in [4.78, 5) is 0. The summed E-state index contributed by atoms with van der Waals surface area (Å²) < 4.78 is 0. The van der Waals surface area contributed by atoms with Gasteiger partial charge >= 0.3 is 0 Å². The highest BCUT2D eigenvalue weighted by Crippen LogP contribution is 2.01. The predicted octanol–water partition coefficient (Wildman–Crippen LogP) is 1.12. The van der Waals surface area contributed by atoms with E-state index in [0.717, 1.165) is 13.1 Å². The molecule has 1 N–H and O–H groups in total. The summed E-state index contributed by atoms with van der Waals surface area (Å²) >= 11 is 0. The Bertz CT molecular complexity index is 118. The van der Waals surface area contributed by atoms with Gasteiger partial charge in [0, 0.05) is 19.3 Å². The van der Waals surface area contributed by atoms with Gasteiger partial charge in [-0.1, -0.05) is 6.92 Å². The maximum Gasteiger partial charge on any atom is 0.0375 e. The third kappa shape index (κ3) is 1.72. The second-order valence-corrected chi connectivity index (χ2v) is 2.50. The zero-order valence-corrected chi connectivity index (χ0v) is 6.15. The zero-order valence-electron chi connectivity index (χ0n) is 6.15. The molecule has 2 heteroatoms. The van der Waals surface area contributed by atoms with E-state index in [0.29, 0.717) is 0 Å². The van der Waals surface area contributed by atoms with Crippen molar-refractivity contribution >= 4 is 0 Å². The lowest BCUT2D eigenvalue weighted by Crippen LogP contribution is -2.29. The van der Waals surface area contributed by atoms with Crippen LogP contribution in [0, 0.1) is 0 Å². The van der Waals surface area contributed by atoms with Crippen LogP contribution in [0.25, 0.3) is 0 Å². The van der Waals surface area contributed by atoms with E-state index in [9.17, 15) is 0 Å². The first-order valence-electron chi connectivity index (χ1n) is 3.50. The monoisotopic (exact) mass is 126 g/mol. The topological polar surface area (TPSA) is 15.3 Å². The van der Waals surface area contributed by atoms with Crippen LogP contribution in [0.5, 0.6) is 0 Å². The van der Waals surface area contributed by atoms with Gasteiger partial charge in [0.05, 0.1) is 0 Å². The average Bonchev–Trinajstić information content (AvgIpc) is 2.17. The van der Waals surface area contributed by atoms with Gasteiger partial charge in [-0.05, 0) is 18.9 Å². The van der Waals surface area contributed by atoms with Crippen LogP contribution in [0.2, 0.25) is 0 Å². The van der Waals surface area contributed by atoms with Crippen molar-refractivity contribution in [3.8, 4) is 0 Å². The molecular weight excluding hydrogens is 112 g/mol. The molecule has 0 spiro atoms. The summed E-state index contributed by atoms with van der Waals surface area (Å²) in [6.07, 6.45) is 3.38. The molecule has 1 aliphatic heterocycles. The number of hydrogen-bond donors (Lipinski definition) is 1. The SMILES string of the molecule is CCCN1C=C(C)CN1. The predicted molar refractivity (Wildman–Crippen MR) is 38.8 cm³/mol. The largest absolute Gasteiger partial charge is 0.315 e. The number of rotatable bonds is 2. The van der Waals surface area contributed by atoms with Crippen LogP contribution in [-0.2, 0) is 0 Å². The van der Waals surface area contributed by atoms with E-state index in [1.54, 1.807) is 0 Å². The van der Waals surface area contributed by atoms with Gasteiger partial charge in [0.25, 0.3) is 0 Å². The van der Waals surface area contributed by atoms with Crippen molar-refractivity contribution in [2.24, 2.45) is 0 Å². The van der Waals surface area contributed by atoms with E-state index in [1.807, 2.05) is 0 Å². The van der Waals surface area contributed by atoms with E-state index in [-0.39, 0.29) is 0 Å². The number of nitrogens with zero attached hydrogens (tertiary/aromatic N) is 1. The lowest BCUT2D eigenvalue weighted by Gasteiger charge is -2.13. The van der Waals surface area contributed by atoms with Crippen molar-refractivity contribution in [1.82, 2.24) is 10.4 Å². The van der Waals surface area contributed by atoms with Gasteiger partial charge in [-0.2, -0.15) is 0 Å². The molecule has 0 amide bonds. The minimum absolute atomic E-state index is 1.03. The first kappa shape index (κ1) is 6.62. The molecule has 0 unspecified atom stereocenters. The number of hydrazine groups is 1. The van der Waals surface area contributed by atoms with Gasteiger partial charge in [0.2, 0.25) is 0 Å². The van der Waals surface area contributed by atoms with Gasteiger partial charge in [-0.15, -0.1) is 0 Å². The average molecular weight is 126 g/mol. The lowest BCUT2D eigenvalue weighted by atomic mass is 10.4. The fraction of sp³-hybridized carbons (Fsp3) is 0.714. The zero-order chi connectivity index (χ0) is 6.69. The molecule has 0 fully saturated rings. The summed E-state index contributed by atoms with van der Waals surface area (Å²) in [7, 11) is 0. The molecule has 1 rings (SSSR count). The maximum absolute atomic E-state index is 3.25. The lowest BCUT2D eigenvalue weighted by molar-refractivity contribution is 0.307. The first-order valence-corrected chi connectivity index (χ1v) is 3.50. The highest BCUT2D eigenvalue weighted by atomic mass is 15.5. The van der Waals surface area contributed by atoms with Crippen LogP contribution in [0.15, 0.2) is 11.8 Å². The minimum Gasteiger partial charge on any atom is -0.315 e. The molecule has 1 heterocycles. The summed E-state index contributed by atoms with van der Waals surface area (Å²) in [5, 5.41) is 2.15. The Balaban J connectivity index is 2.29. The first-order chi connectivity index (χ1) is 4.33. The molecule has 0 saturated heterocycles. The quantitative estimate of drug-likeness (QED) is 0.596. The molecule has 0 aromatic heterocycles. The highest BCUT2D eigenvalue weighted by Gasteiger charge is 2.04. The summed E-state index contributed by atoms with van der Waals surface area (Å²) in [6, 6.07) is 0. The molecule has 0 bridgehead atoms. The van der Waals surface area contributed by atoms with Crippen molar-refractivity contribution in [3.05, 3.63) is 11.8 Å².